The topological polar surface area (TPSA) is 69.2 Å². The van der Waals surface area contributed by atoms with Crippen molar-refractivity contribution in [3.05, 3.63) is 101 Å². The molecule has 0 spiro atoms. The van der Waals surface area contributed by atoms with E-state index >= 15 is 0 Å². The number of carbonyl (C=O) groups is 2. The zero-order valence-electron chi connectivity index (χ0n) is 15.3. The summed E-state index contributed by atoms with van der Waals surface area (Å²) < 4.78 is 5.38. The summed E-state index contributed by atoms with van der Waals surface area (Å²) in [5.74, 6) is -0.0913. The predicted molar refractivity (Wildman–Crippen MR) is 111 cm³/mol. The fourth-order valence-corrected chi connectivity index (χ4v) is 3.57. The van der Waals surface area contributed by atoms with E-state index in [1.165, 1.54) is 11.3 Å². The van der Waals surface area contributed by atoms with Crippen LogP contribution in [0.4, 0.5) is 0 Å². The van der Waals surface area contributed by atoms with Crippen molar-refractivity contribution in [2.75, 3.05) is 0 Å². The average molecular weight is 400 g/mol. The van der Waals surface area contributed by atoms with E-state index in [-0.39, 0.29) is 12.2 Å². The number of ketones is 1. The van der Waals surface area contributed by atoms with Gasteiger partial charge in [0.05, 0.1) is 12.1 Å². The predicted octanol–water partition coefficient (Wildman–Crippen LogP) is 4.58. The van der Waals surface area contributed by atoms with Crippen molar-refractivity contribution in [2.45, 2.75) is 6.42 Å². The third kappa shape index (κ3) is 4.62. The van der Waals surface area contributed by atoms with Crippen LogP contribution in [0.5, 0.6) is 5.75 Å². The van der Waals surface area contributed by atoms with Gasteiger partial charge in [-0.25, -0.2) is 4.98 Å². The van der Waals surface area contributed by atoms with Gasteiger partial charge >= 0.3 is 5.97 Å². The lowest BCUT2D eigenvalue weighted by atomic mass is 10.0. The van der Waals surface area contributed by atoms with Gasteiger partial charge in [-0.15, -0.1) is 11.3 Å². The van der Waals surface area contributed by atoms with Gasteiger partial charge < -0.3 is 4.74 Å². The molecule has 4 aromatic rings. The van der Waals surface area contributed by atoms with Crippen molar-refractivity contribution in [1.29, 1.82) is 0 Å². The first kappa shape index (κ1) is 18.7. The first-order valence-corrected chi connectivity index (χ1v) is 9.82. The molecular formula is C23H16N2O3S. The van der Waals surface area contributed by atoms with Crippen molar-refractivity contribution < 1.29 is 14.3 Å². The van der Waals surface area contributed by atoms with Crippen LogP contribution >= 0.6 is 11.3 Å². The largest absolute Gasteiger partial charge is 0.426 e. The molecule has 0 fully saturated rings. The molecule has 0 amide bonds. The van der Waals surface area contributed by atoms with Crippen LogP contribution in [0.1, 0.15) is 21.6 Å². The smallest absolute Gasteiger partial charge is 0.317 e. The summed E-state index contributed by atoms with van der Waals surface area (Å²) in [6, 6.07) is 19.4. The number of ether oxygens (including phenoxy) is 1. The average Bonchev–Trinajstić information content (AvgIpc) is 3.23. The van der Waals surface area contributed by atoms with E-state index < -0.39 is 5.97 Å². The fraction of sp³-hybridized carbons (Fsp3) is 0.0435. The summed E-state index contributed by atoms with van der Waals surface area (Å²) in [6.07, 6.45) is 3.51. The first-order valence-electron chi connectivity index (χ1n) is 8.94. The summed E-state index contributed by atoms with van der Waals surface area (Å²) in [5.41, 5.74) is 2.72. The molecule has 5 nitrogen and oxygen atoms in total. The maximum absolute atomic E-state index is 12.4. The Morgan fingerprint density at radius 2 is 1.66 bits per heavy atom. The standard InChI is InChI=1S/C23H16N2O3S/c26-21(13-19-15-29-23(25-19)18-7-4-12-24-14-18)28-20-10-8-17(9-11-20)22(27)16-5-2-1-3-6-16/h1-12,14-15H,13H2. The van der Waals surface area contributed by atoms with Crippen molar-refractivity contribution >= 4 is 23.1 Å². The minimum absolute atomic E-state index is 0.0709. The number of hydrogen-bond donors (Lipinski definition) is 0. The summed E-state index contributed by atoms with van der Waals surface area (Å²) >= 11 is 1.46. The number of nitrogens with zero attached hydrogens (tertiary/aromatic N) is 2. The summed E-state index contributed by atoms with van der Waals surface area (Å²) in [4.78, 5) is 33.2. The highest BCUT2D eigenvalue weighted by Gasteiger charge is 2.12. The van der Waals surface area contributed by atoms with Crippen LogP contribution < -0.4 is 4.74 Å². The SMILES string of the molecule is O=C(Cc1csc(-c2cccnc2)n1)Oc1ccc(C(=O)c2ccccc2)cc1. The van der Waals surface area contributed by atoms with Gasteiger partial charge in [0.15, 0.2) is 5.78 Å². The molecule has 0 atom stereocenters. The van der Waals surface area contributed by atoms with E-state index in [4.69, 9.17) is 4.74 Å². The monoisotopic (exact) mass is 400 g/mol. The molecule has 0 saturated heterocycles. The van der Waals surface area contributed by atoms with Crippen LogP contribution in [0.2, 0.25) is 0 Å². The lowest BCUT2D eigenvalue weighted by Gasteiger charge is -2.05. The number of esters is 1. The third-order valence-electron chi connectivity index (χ3n) is 4.17. The Kier molecular flexibility index (Phi) is 5.54. The fourth-order valence-electron chi connectivity index (χ4n) is 2.76. The maximum atomic E-state index is 12.4. The molecule has 4 rings (SSSR count). The molecule has 0 saturated carbocycles. The Bertz CT molecular complexity index is 1120. The minimum Gasteiger partial charge on any atom is -0.426 e. The molecule has 0 radical (unpaired) electrons. The molecule has 0 aliphatic carbocycles. The lowest BCUT2D eigenvalue weighted by Crippen LogP contribution is -2.11. The molecule has 0 bridgehead atoms. The number of aromatic nitrogens is 2. The second kappa shape index (κ2) is 8.58. The van der Waals surface area contributed by atoms with Gasteiger partial charge in [0.1, 0.15) is 10.8 Å². The molecule has 2 aromatic carbocycles. The summed E-state index contributed by atoms with van der Waals surface area (Å²) in [5, 5.41) is 2.65. The lowest BCUT2D eigenvalue weighted by molar-refractivity contribution is -0.133. The van der Waals surface area contributed by atoms with Crippen molar-refractivity contribution in [2.24, 2.45) is 0 Å². The molecule has 0 aliphatic heterocycles. The van der Waals surface area contributed by atoms with Gasteiger partial charge in [-0.2, -0.15) is 0 Å². The number of rotatable bonds is 6. The van der Waals surface area contributed by atoms with Crippen molar-refractivity contribution in [3.63, 3.8) is 0 Å². The number of carbonyl (C=O) groups excluding carboxylic acids is 2. The van der Waals surface area contributed by atoms with Gasteiger partial charge in [-0.1, -0.05) is 30.3 Å². The number of hydrogen-bond acceptors (Lipinski definition) is 6. The van der Waals surface area contributed by atoms with Crippen LogP contribution in [-0.4, -0.2) is 21.7 Å². The van der Waals surface area contributed by atoms with Crippen LogP contribution in [0.3, 0.4) is 0 Å². The summed E-state index contributed by atoms with van der Waals surface area (Å²) in [7, 11) is 0. The van der Waals surface area contributed by atoms with E-state index in [1.807, 2.05) is 35.7 Å². The minimum atomic E-state index is -0.407. The number of benzene rings is 2. The van der Waals surface area contributed by atoms with E-state index in [2.05, 4.69) is 9.97 Å². The molecule has 0 N–H and O–H groups in total. The molecular weight excluding hydrogens is 384 g/mol. The van der Waals surface area contributed by atoms with Crippen molar-refractivity contribution in [1.82, 2.24) is 9.97 Å². The van der Waals surface area contributed by atoms with E-state index in [0.717, 1.165) is 10.6 Å². The first-order chi connectivity index (χ1) is 14.2. The molecule has 2 heterocycles. The van der Waals surface area contributed by atoms with E-state index in [1.54, 1.807) is 48.8 Å². The van der Waals surface area contributed by atoms with Gasteiger partial charge in [0.25, 0.3) is 0 Å². The number of thiazole rings is 1. The van der Waals surface area contributed by atoms with Gasteiger partial charge in [-0.05, 0) is 36.4 Å². The molecule has 0 unspecified atom stereocenters. The Hall–Kier alpha value is -3.64. The normalized spacial score (nSPS) is 10.5. The molecule has 2 aromatic heterocycles. The highest BCUT2D eigenvalue weighted by atomic mass is 32.1. The molecule has 0 aliphatic rings. The molecule has 6 heteroatoms. The Morgan fingerprint density at radius 1 is 0.897 bits per heavy atom. The van der Waals surface area contributed by atoms with Crippen LogP contribution in [0.15, 0.2) is 84.5 Å². The van der Waals surface area contributed by atoms with Gasteiger partial charge in [0, 0.05) is 34.5 Å². The summed E-state index contributed by atoms with van der Waals surface area (Å²) in [6.45, 7) is 0. The molecule has 142 valence electrons. The van der Waals surface area contributed by atoms with Gasteiger partial charge in [0.2, 0.25) is 0 Å². The van der Waals surface area contributed by atoms with Crippen molar-refractivity contribution in [3.8, 4) is 16.3 Å². The van der Waals surface area contributed by atoms with Crippen LogP contribution in [0, 0.1) is 0 Å². The maximum Gasteiger partial charge on any atom is 0.317 e. The Balaban J connectivity index is 1.38. The number of pyridine rings is 1. The van der Waals surface area contributed by atoms with Gasteiger partial charge in [-0.3, -0.25) is 14.6 Å². The van der Waals surface area contributed by atoms with E-state index in [9.17, 15) is 9.59 Å². The van der Waals surface area contributed by atoms with Crippen LogP contribution in [0.25, 0.3) is 10.6 Å². The molecule has 29 heavy (non-hydrogen) atoms. The third-order valence-corrected chi connectivity index (χ3v) is 5.11. The zero-order chi connectivity index (χ0) is 20.1. The highest BCUT2D eigenvalue weighted by molar-refractivity contribution is 7.13. The zero-order valence-corrected chi connectivity index (χ0v) is 16.1. The second-order valence-electron chi connectivity index (χ2n) is 6.26. The Morgan fingerprint density at radius 3 is 2.38 bits per heavy atom. The van der Waals surface area contributed by atoms with Crippen LogP contribution in [-0.2, 0) is 11.2 Å². The quantitative estimate of drug-likeness (QED) is 0.269. The Labute approximate surface area is 171 Å². The highest BCUT2D eigenvalue weighted by Crippen LogP contribution is 2.23. The second-order valence-corrected chi connectivity index (χ2v) is 7.11. The van der Waals surface area contributed by atoms with E-state index in [0.29, 0.717) is 22.6 Å².